The molecule has 98 valence electrons. The van der Waals surface area contributed by atoms with Gasteiger partial charge < -0.3 is 5.32 Å². The average molecular weight is 314 g/mol. The van der Waals surface area contributed by atoms with E-state index in [1.165, 1.54) is 10.9 Å². The molecule has 0 amide bonds. The summed E-state index contributed by atoms with van der Waals surface area (Å²) in [5.41, 5.74) is 0.120. The minimum Gasteiger partial charge on any atom is -0.301 e. The molecule has 0 aliphatic rings. The minimum atomic E-state index is -4.34. The highest BCUT2D eigenvalue weighted by Crippen LogP contribution is 2.37. The first kappa shape index (κ1) is 14.5. The Morgan fingerprint density at radius 2 is 2.06 bits per heavy atom. The van der Waals surface area contributed by atoms with Gasteiger partial charge in [0, 0.05) is 6.04 Å². The lowest BCUT2D eigenvalue weighted by atomic mass is 10.2. The Balaban J connectivity index is 3.22. The van der Waals surface area contributed by atoms with Crippen LogP contribution in [0, 0.1) is 0 Å². The third kappa shape index (κ3) is 3.22. The SMILES string of the molecule is CCNC(c1c(Br)cnn1C(C)C)C(F)(F)F. The molecule has 0 saturated heterocycles. The molecule has 0 saturated carbocycles. The molecule has 0 aliphatic heterocycles. The van der Waals surface area contributed by atoms with E-state index in [1.807, 2.05) is 0 Å². The van der Waals surface area contributed by atoms with Crippen molar-refractivity contribution in [2.24, 2.45) is 0 Å². The number of aromatic nitrogens is 2. The lowest BCUT2D eigenvalue weighted by Gasteiger charge is -2.23. The van der Waals surface area contributed by atoms with Crippen LogP contribution in [0.5, 0.6) is 0 Å². The van der Waals surface area contributed by atoms with Crippen molar-refractivity contribution >= 4 is 15.9 Å². The van der Waals surface area contributed by atoms with Crippen molar-refractivity contribution in [2.45, 2.75) is 39.0 Å². The summed E-state index contributed by atoms with van der Waals surface area (Å²) in [6, 6.07) is -1.83. The van der Waals surface area contributed by atoms with Crippen molar-refractivity contribution in [1.29, 1.82) is 0 Å². The lowest BCUT2D eigenvalue weighted by Crippen LogP contribution is -2.36. The molecular formula is C10H15BrF3N3. The third-order valence-electron chi connectivity index (χ3n) is 2.29. The number of hydrogen-bond donors (Lipinski definition) is 1. The normalized spacial score (nSPS) is 14.4. The second kappa shape index (κ2) is 5.39. The van der Waals surface area contributed by atoms with Gasteiger partial charge in [0.1, 0.15) is 6.04 Å². The van der Waals surface area contributed by atoms with Crippen molar-refractivity contribution in [3.05, 3.63) is 16.4 Å². The van der Waals surface area contributed by atoms with Gasteiger partial charge in [0.05, 0.1) is 16.4 Å². The van der Waals surface area contributed by atoms with E-state index >= 15 is 0 Å². The lowest BCUT2D eigenvalue weighted by molar-refractivity contribution is -0.159. The zero-order valence-corrected chi connectivity index (χ0v) is 11.4. The van der Waals surface area contributed by atoms with Gasteiger partial charge in [-0.25, -0.2) is 0 Å². The Morgan fingerprint density at radius 1 is 1.47 bits per heavy atom. The molecule has 1 N–H and O–H groups in total. The van der Waals surface area contributed by atoms with Crippen molar-refractivity contribution in [1.82, 2.24) is 15.1 Å². The van der Waals surface area contributed by atoms with Crippen LogP contribution >= 0.6 is 15.9 Å². The second-order valence-electron chi connectivity index (χ2n) is 3.95. The number of alkyl halides is 3. The van der Waals surface area contributed by atoms with Crippen LogP contribution in [0.2, 0.25) is 0 Å². The summed E-state index contributed by atoms with van der Waals surface area (Å²) in [5.74, 6) is 0. The Bertz CT molecular complexity index is 373. The number of hydrogen-bond acceptors (Lipinski definition) is 2. The maximum atomic E-state index is 13.0. The fraction of sp³-hybridized carbons (Fsp3) is 0.700. The van der Waals surface area contributed by atoms with E-state index in [2.05, 4.69) is 26.3 Å². The van der Waals surface area contributed by atoms with E-state index in [9.17, 15) is 13.2 Å². The smallest absolute Gasteiger partial charge is 0.301 e. The van der Waals surface area contributed by atoms with Crippen LogP contribution in [0.3, 0.4) is 0 Å². The molecule has 0 bridgehead atoms. The minimum absolute atomic E-state index is 0.120. The number of nitrogens with one attached hydrogen (secondary N) is 1. The van der Waals surface area contributed by atoms with Crippen LogP contribution in [-0.4, -0.2) is 22.5 Å². The molecule has 0 aliphatic carbocycles. The largest absolute Gasteiger partial charge is 0.409 e. The molecule has 0 fully saturated rings. The molecule has 0 spiro atoms. The standard InChI is InChI=1S/C10H15BrF3N3/c1-4-15-9(10(12,13)14)8-7(11)5-16-17(8)6(2)3/h5-6,9,15H,4H2,1-3H3. The Kier molecular flexibility index (Phi) is 4.60. The van der Waals surface area contributed by atoms with Crippen LogP contribution < -0.4 is 5.32 Å². The summed E-state index contributed by atoms with van der Waals surface area (Å²) < 4.78 is 40.7. The third-order valence-corrected chi connectivity index (χ3v) is 2.90. The summed E-state index contributed by atoms with van der Waals surface area (Å²) in [6.45, 7) is 5.47. The van der Waals surface area contributed by atoms with E-state index in [-0.39, 0.29) is 18.3 Å². The Labute approximate surface area is 107 Å². The van der Waals surface area contributed by atoms with Crippen LogP contribution in [0.25, 0.3) is 0 Å². The van der Waals surface area contributed by atoms with E-state index < -0.39 is 12.2 Å². The first-order valence-corrected chi connectivity index (χ1v) is 6.11. The topological polar surface area (TPSA) is 29.9 Å². The maximum Gasteiger partial charge on any atom is 0.409 e. The molecule has 17 heavy (non-hydrogen) atoms. The van der Waals surface area contributed by atoms with Crippen molar-refractivity contribution in [3.8, 4) is 0 Å². The van der Waals surface area contributed by atoms with Gasteiger partial charge in [0.15, 0.2) is 0 Å². The summed E-state index contributed by atoms with van der Waals surface area (Å²) >= 11 is 3.13. The van der Waals surface area contributed by atoms with Crippen LogP contribution in [0.1, 0.15) is 38.5 Å². The zero-order chi connectivity index (χ0) is 13.2. The van der Waals surface area contributed by atoms with Crippen LogP contribution in [-0.2, 0) is 0 Å². The molecule has 1 aromatic heterocycles. The van der Waals surface area contributed by atoms with Gasteiger partial charge in [-0.2, -0.15) is 18.3 Å². The predicted molar refractivity (Wildman–Crippen MR) is 62.8 cm³/mol. The molecule has 7 heteroatoms. The maximum absolute atomic E-state index is 13.0. The van der Waals surface area contributed by atoms with Gasteiger partial charge in [-0.15, -0.1) is 0 Å². The van der Waals surface area contributed by atoms with Crippen molar-refractivity contribution in [2.75, 3.05) is 6.54 Å². The van der Waals surface area contributed by atoms with E-state index in [1.54, 1.807) is 20.8 Å². The quantitative estimate of drug-likeness (QED) is 0.922. The van der Waals surface area contributed by atoms with Gasteiger partial charge in [-0.1, -0.05) is 6.92 Å². The fourth-order valence-corrected chi connectivity index (χ4v) is 2.11. The van der Waals surface area contributed by atoms with Crippen molar-refractivity contribution in [3.63, 3.8) is 0 Å². The Morgan fingerprint density at radius 3 is 2.47 bits per heavy atom. The predicted octanol–water partition coefficient (Wildman–Crippen LogP) is 3.44. The first-order chi connectivity index (χ1) is 7.79. The highest BCUT2D eigenvalue weighted by atomic mass is 79.9. The number of rotatable bonds is 4. The highest BCUT2D eigenvalue weighted by Gasteiger charge is 2.43. The van der Waals surface area contributed by atoms with E-state index in [4.69, 9.17) is 0 Å². The zero-order valence-electron chi connectivity index (χ0n) is 9.85. The van der Waals surface area contributed by atoms with Gasteiger partial charge in [0.2, 0.25) is 0 Å². The highest BCUT2D eigenvalue weighted by molar-refractivity contribution is 9.10. The number of nitrogens with zero attached hydrogens (tertiary/aromatic N) is 2. The molecule has 1 heterocycles. The summed E-state index contributed by atoms with van der Waals surface area (Å²) in [6.07, 6.45) is -2.95. The van der Waals surface area contributed by atoms with Gasteiger partial charge in [0.25, 0.3) is 0 Å². The first-order valence-electron chi connectivity index (χ1n) is 5.32. The average Bonchev–Trinajstić information content (AvgIpc) is 2.55. The molecule has 3 nitrogen and oxygen atoms in total. The monoisotopic (exact) mass is 313 g/mol. The van der Waals surface area contributed by atoms with E-state index in [0.717, 1.165) is 0 Å². The molecule has 1 unspecified atom stereocenters. The molecule has 1 aromatic rings. The van der Waals surface area contributed by atoms with Crippen LogP contribution in [0.15, 0.2) is 10.7 Å². The van der Waals surface area contributed by atoms with Crippen LogP contribution in [0.4, 0.5) is 13.2 Å². The van der Waals surface area contributed by atoms with Gasteiger partial charge >= 0.3 is 6.18 Å². The van der Waals surface area contributed by atoms with E-state index in [0.29, 0.717) is 4.47 Å². The summed E-state index contributed by atoms with van der Waals surface area (Å²) in [4.78, 5) is 0. The Hall–Kier alpha value is -0.560. The number of halogens is 4. The molecule has 0 aromatic carbocycles. The molecular weight excluding hydrogens is 299 g/mol. The molecule has 1 atom stereocenters. The molecule has 0 radical (unpaired) electrons. The molecule has 1 rings (SSSR count). The second-order valence-corrected chi connectivity index (χ2v) is 4.80. The van der Waals surface area contributed by atoms with Crippen molar-refractivity contribution < 1.29 is 13.2 Å². The summed E-state index contributed by atoms with van der Waals surface area (Å²) in [7, 11) is 0. The summed E-state index contributed by atoms with van der Waals surface area (Å²) in [5, 5.41) is 6.41. The van der Waals surface area contributed by atoms with Gasteiger partial charge in [-0.3, -0.25) is 4.68 Å². The fourth-order valence-electron chi connectivity index (χ4n) is 1.60. The van der Waals surface area contributed by atoms with Gasteiger partial charge in [-0.05, 0) is 36.3 Å².